The van der Waals surface area contributed by atoms with E-state index >= 15 is 0 Å². The lowest BCUT2D eigenvalue weighted by molar-refractivity contribution is 0.0950. The zero-order chi connectivity index (χ0) is 35.2. The van der Waals surface area contributed by atoms with Gasteiger partial charge in [0.1, 0.15) is 28.5 Å². The maximum absolute atomic E-state index is 14.5. The molecule has 0 atom stereocenters. The molecule has 256 valence electrons. The molecule has 0 fully saturated rings. The van der Waals surface area contributed by atoms with Gasteiger partial charge in [-0.3, -0.25) is 14.4 Å². The molecule has 10 nitrogen and oxygen atoms in total. The molecule has 0 saturated carbocycles. The van der Waals surface area contributed by atoms with E-state index < -0.39 is 0 Å². The number of aryl methyl sites for hydroxylation is 3. The lowest BCUT2D eigenvalue weighted by atomic mass is 10.00. The van der Waals surface area contributed by atoms with Crippen molar-refractivity contribution < 1.29 is 19.1 Å². The number of fused-ring (bicyclic) bond motifs is 1. The maximum Gasteiger partial charge on any atom is 0.274 e. The summed E-state index contributed by atoms with van der Waals surface area (Å²) in [6.45, 7) is 13.3. The highest BCUT2D eigenvalue weighted by Gasteiger charge is 2.25. The number of hydrogen-bond acceptors (Lipinski definition) is 6. The Morgan fingerprint density at radius 1 is 0.878 bits per heavy atom. The third-order valence-electron chi connectivity index (χ3n) is 8.84. The summed E-state index contributed by atoms with van der Waals surface area (Å²) < 4.78 is 13.9. The van der Waals surface area contributed by atoms with E-state index in [9.17, 15) is 14.4 Å². The molecule has 0 aliphatic rings. The molecular formula is C39H45N5O5. The fourth-order valence-corrected chi connectivity index (χ4v) is 6.08. The predicted molar refractivity (Wildman–Crippen MR) is 195 cm³/mol. The standard InChI is InChI=1S/C39H45N5O5/c1-8-40-37(45)31-23-29-30(24-42(6)39(47)35(29)41-31)28-19-18-27(22-34(28)49-36-25(4)14-13-15-26(36)5)38(46)44(21-20-43(9-2)10-3)32-16-11-12-17-33(32)48-7/h11-19,22-24,41H,8-10,20-21H2,1-7H3,(H,40,45). The minimum atomic E-state index is -0.305. The van der Waals surface area contributed by atoms with Crippen LogP contribution in [0.3, 0.4) is 0 Å². The van der Waals surface area contributed by atoms with E-state index in [1.807, 2.05) is 69.3 Å². The number of anilines is 1. The summed E-state index contributed by atoms with van der Waals surface area (Å²) in [5.41, 5.74) is 4.62. The summed E-state index contributed by atoms with van der Waals surface area (Å²) in [5, 5.41) is 3.37. The van der Waals surface area contributed by atoms with Crippen molar-refractivity contribution in [3.63, 3.8) is 0 Å². The van der Waals surface area contributed by atoms with Gasteiger partial charge < -0.3 is 34.1 Å². The molecule has 0 bridgehead atoms. The Bertz CT molecular complexity index is 2020. The van der Waals surface area contributed by atoms with Crippen LogP contribution in [0.4, 0.5) is 5.69 Å². The second-order valence-corrected chi connectivity index (χ2v) is 12.0. The van der Waals surface area contributed by atoms with Gasteiger partial charge in [-0.15, -0.1) is 0 Å². The molecule has 2 N–H and O–H groups in total. The Morgan fingerprint density at radius 2 is 1.59 bits per heavy atom. The summed E-state index contributed by atoms with van der Waals surface area (Å²) in [5.74, 6) is 1.20. The van der Waals surface area contributed by atoms with E-state index in [0.717, 1.165) is 24.2 Å². The van der Waals surface area contributed by atoms with E-state index in [4.69, 9.17) is 9.47 Å². The van der Waals surface area contributed by atoms with Crippen molar-refractivity contribution >= 4 is 28.4 Å². The molecule has 10 heteroatoms. The molecule has 5 rings (SSSR count). The number of ether oxygens (including phenoxy) is 2. The Kier molecular flexibility index (Phi) is 10.9. The third-order valence-corrected chi connectivity index (χ3v) is 8.84. The first-order chi connectivity index (χ1) is 23.6. The number of benzene rings is 3. The first-order valence-electron chi connectivity index (χ1n) is 16.7. The van der Waals surface area contributed by atoms with Crippen molar-refractivity contribution in [1.82, 2.24) is 19.8 Å². The largest absolute Gasteiger partial charge is 0.495 e. The Hall–Kier alpha value is -5.35. The van der Waals surface area contributed by atoms with Crippen molar-refractivity contribution in [3.8, 4) is 28.4 Å². The zero-order valence-corrected chi connectivity index (χ0v) is 29.3. The van der Waals surface area contributed by atoms with Crippen LogP contribution in [-0.4, -0.2) is 66.1 Å². The smallest absolute Gasteiger partial charge is 0.274 e. The van der Waals surface area contributed by atoms with E-state index in [1.54, 1.807) is 43.5 Å². The average Bonchev–Trinajstić information content (AvgIpc) is 3.56. The van der Waals surface area contributed by atoms with Crippen LogP contribution < -0.4 is 25.2 Å². The highest BCUT2D eigenvalue weighted by Crippen LogP contribution is 2.40. The predicted octanol–water partition coefficient (Wildman–Crippen LogP) is 6.69. The van der Waals surface area contributed by atoms with Crippen molar-refractivity contribution in [2.24, 2.45) is 7.05 Å². The van der Waals surface area contributed by atoms with E-state index in [1.165, 1.54) is 4.57 Å². The van der Waals surface area contributed by atoms with Crippen LogP contribution >= 0.6 is 0 Å². The van der Waals surface area contributed by atoms with Gasteiger partial charge in [-0.25, -0.2) is 0 Å². The van der Waals surface area contributed by atoms with Crippen molar-refractivity contribution in [1.29, 1.82) is 0 Å². The summed E-state index contributed by atoms with van der Waals surface area (Å²) in [6.07, 6.45) is 1.74. The van der Waals surface area contributed by atoms with Crippen LogP contribution in [0, 0.1) is 13.8 Å². The normalized spacial score (nSPS) is 11.2. The van der Waals surface area contributed by atoms with Gasteiger partial charge in [0.2, 0.25) is 0 Å². The minimum absolute atomic E-state index is 0.208. The fraction of sp³-hybridized carbons (Fsp3) is 0.308. The molecule has 2 heterocycles. The summed E-state index contributed by atoms with van der Waals surface area (Å²) in [4.78, 5) is 47.6. The highest BCUT2D eigenvalue weighted by molar-refractivity contribution is 6.08. The van der Waals surface area contributed by atoms with Gasteiger partial charge in [0.05, 0.1) is 12.8 Å². The van der Waals surface area contributed by atoms with Crippen LogP contribution in [-0.2, 0) is 7.05 Å². The molecule has 2 amide bonds. The minimum Gasteiger partial charge on any atom is -0.495 e. The molecule has 0 spiro atoms. The van der Waals surface area contributed by atoms with Crippen molar-refractivity contribution in [2.45, 2.75) is 34.6 Å². The van der Waals surface area contributed by atoms with E-state index in [-0.39, 0.29) is 23.1 Å². The second kappa shape index (κ2) is 15.3. The second-order valence-electron chi connectivity index (χ2n) is 12.0. The Balaban J connectivity index is 1.70. The fourth-order valence-electron chi connectivity index (χ4n) is 6.08. The van der Waals surface area contributed by atoms with E-state index in [2.05, 4.69) is 29.0 Å². The zero-order valence-electron chi connectivity index (χ0n) is 29.3. The van der Waals surface area contributed by atoms with Gasteiger partial charge in [0.25, 0.3) is 17.4 Å². The average molecular weight is 664 g/mol. The molecule has 0 aliphatic carbocycles. The maximum atomic E-state index is 14.5. The lowest BCUT2D eigenvalue weighted by Gasteiger charge is -2.28. The highest BCUT2D eigenvalue weighted by atomic mass is 16.5. The first kappa shape index (κ1) is 35.0. The molecule has 0 saturated heterocycles. The first-order valence-corrected chi connectivity index (χ1v) is 16.7. The number of pyridine rings is 1. The van der Waals surface area contributed by atoms with Crippen LogP contribution in [0.1, 0.15) is 52.7 Å². The van der Waals surface area contributed by atoms with Crippen molar-refractivity contribution in [2.75, 3.05) is 44.7 Å². The van der Waals surface area contributed by atoms with Gasteiger partial charge in [0.15, 0.2) is 0 Å². The van der Waals surface area contributed by atoms with Crippen LogP contribution in [0.5, 0.6) is 17.2 Å². The number of carbonyl (C=O) groups excluding carboxylic acids is 2. The van der Waals surface area contributed by atoms with Gasteiger partial charge in [0, 0.05) is 55.0 Å². The number of aromatic nitrogens is 2. The number of methoxy groups -OCH3 is 1. The number of rotatable bonds is 13. The van der Waals surface area contributed by atoms with Gasteiger partial charge in [-0.1, -0.05) is 44.2 Å². The van der Waals surface area contributed by atoms with Crippen molar-refractivity contribution in [3.05, 3.63) is 106 Å². The third kappa shape index (κ3) is 7.24. The van der Waals surface area contributed by atoms with Crippen LogP contribution in [0.2, 0.25) is 0 Å². The molecule has 0 radical (unpaired) electrons. The number of aromatic amines is 1. The van der Waals surface area contributed by atoms with Gasteiger partial charge in [-0.05, 0) is 81.4 Å². The number of H-pyrrole nitrogens is 1. The van der Waals surface area contributed by atoms with E-state index in [0.29, 0.717) is 70.2 Å². The number of nitrogens with one attached hydrogen (secondary N) is 2. The molecule has 49 heavy (non-hydrogen) atoms. The van der Waals surface area contributed by atoms with Crippen LogP contribution in [0.25, 0.3) is 22.0 Å². The lowest BCUT2D eigenvalue weighted by Crippen LogP contribution is -2.39. The summed E-state index contributed by atoms with van der Waals surface area (Å²) in [7, 11) is 3.27. The van der Waals surface area contributed by atoms with Crippen LogP contribution in [0.15, 0.2) is 77.7 Å². The monoisotopic (exact) mass is 663 g/mol. The number of hydrogen-bond donors (Lipinski definition) is 2. The SMILES string of the molecule is CCNC(=O)c1cc2c(-c3ccc(C(=O)N(CCN(CC)CC)c4ccccc4OC)cc3Oc3c(C)cccc3C)cn(C)c(=O)c2[nH]1. The molecule has 0 aliphatic heterocycles. The Morgan fingerprint density at radius 3 is 2.27 bits per heavy atom. The van der Waals surface area contributed by atoms with Gasteiger partial charge in [-0.2, -0.15) is 0 Å². The molecular weight excluding hydrogens is 618 g/mol. The topological polar surface area (TPSA) is 109 Å². The molecule has 3 aromatic carbocycles. The number of carbonyl (C=O) groups is 2. The van der Waals surface area contributed by atoms with Gasteiger partial charge >= 0.3 is 0 Å². The number of para-hydroxylation sites is 3. The molecule has 0 unspecified atom stereocenters. The molecule has 2 aromatic heterocycles. The number of likely N-dealkylation sites (N-methyl/N-ethyl adjacent to an activating group) is 1. The number of amides is 2. The Labute approximate surface area is 287 Å². The number of nitrogens with zero attached hydrogens (tertiary/aromatic N) is 3. The summed E-state index contributed by atoms with van der Waals surface area (Å²) >= 11 is 0. The molecule has 5 aromatic rings. The quantitative estimate of drug-likeness (QED) is 0.145. The summed E-state index contributed by atoms with van der Waals surface area (Å²) in [6, 6.07) is 20.5.